The third-order valence-electron chi connectivity index (χ3n) is 4.46. The molecule has 0 saturated heterocycles. The second kappa shape index (κ2) is 9.97. The molecular weight excluding hydrogens is 256 g/mol. The summed E-state index contributed by atoms with van der Waals surface area (Å²) in [6.45, 7) is 12.3. The molecular formula is C19H34N2. The van der Waals surface area contributed by atoms with Crippen molar-refractivity contribution >= 4 is 0 Å². The fraction of sp³-hybridized carbons (Fsp3) is 0.684. The average molecular weight is 290 g/mol. The van der Waals surface area contributed by atoms with Gasteiger partial charge < -0.3 is 5.73 Å². The Labute approximate surface area is 131 Å². The molecule has 1 atom stereocenters. The predicted molar refractivity (Wildman–Crippen MR) is 93.2 cm³/mol. The maximum absolute atomic E-state index is 5.74. The van der Waals surface area contributed by atoms with Crippen LogP contribution >= 0.6 is 0 Å². The van der Waals surface area contributed by atoms with Crippen LogP contribution < -0.4 is 5.73 Å². The van der Waals surface area contributed by atoms with E-state index in [-0.39, 0.29) is 0 Å². The highest BCUT2D eigenvalue weighted by Gasteiger charge is 2.14. The molecule has 0 saturated carbocycles. The van der Waals surface area contributed by atoms with E-state index < -0.39 is 0 Å². The van der Waals surface area contributed by atoms with Crippen molar-refractivity contribution < 1.29 is 0 Å². The first-order valence-electron chi connectivity index (χ1n) is 8.52. The van der Waals surface area contributed by atoms with E-state index >= 15 is 0 Å². The zero-order chi connectivity index (χ0) is 15.7. The van der Waals surface area contributed by atoms with Crippen molar-refractivity contribution in [1.82, 2.24) is 4.90 Å². The van der Waals surface area contributed by atoms with Crippen LogP contribution in [0.15, 0.2) is 30.3 Å². The van der Waals surface area contributed by atoms with Crippen molar-refractivity contribution in [1.29, 1.82) is 0 Å². The van der Waals surface area contributed by atoms with Crippen molar-refractivity contribution in [2.75, 3.05) is 13.1 Å². The molecule has 2 heteroatoms. The number of hydrogen-bond acceptors (Lipinski definition) is 2. The van der Waals surface area contributed by atoms with Gasteiger partial charge in [0.05, 0.1) is 0 Å². The quantitative estimate of drug-likeness (QED) is 0.696. The van der Waals surface area contributed by atoms with Crippen LogP contribution in [0.5, 0.6) is 0 Å². The van der Waals surface area contributed by atoms with E-state index in [0.717, 1.165) is 31.3 Å². The van der Waals surface area contributed by atoms with E-state index in [2.05, 4.69) is 62.9 Å². The van der Waals surface area contributed by atoms with Gasteiger partial charge in [0.15, 0.2) is 0 Å². The first kappa shape index (κ1) is 18.2. The van der Waals surface area contributed by atoms with Gasteiger partial charge in [-0.2, -0.15) is 0 Å². The zero-order valence-corrected chi connectivity index (χ0v) is 14.4. The molecule has 1 rings (SSSR count). The van der Waals surface area contributed by atoms with E-state index in [9.17, 15) is 0 Å². The molecule has 0 aromatic heterocycles. The van der Waals surface area contributed by atoms with Crippen LogP contribution in [0.2, 0.25) is 0 Å². The van der Waals surface area contributed by atoms with E-state index in [1.54, 1.807) is 0 Å². The van der Waals surface area contributed by atoms with Crippen molar-refractivity contribution in [3.63, 3.8) is 0 Å². The Kier molecular flexibility index (Phi) is 8.63. The first-order valence-corrected chi connectivity index (χ1v) is 8.52. The lowest BCUT2D eigenvalue weighted by atomic mass is 9.88. The van der Waals surface area contributed by atoms with Gasteiger partial charge in [-0.25, -0.2) is 0 Å². The van der Waals surface area contributed by atoms with Gasteiger partial charge in [-0.15, -0.1) is 0 Å². The Morgan fingerprint density at radius 2 is 1.67 bits per heavy atom. The first-order chi connectivity index (χ1) is 10.0. The van der Waals surface area contributed by atoms with E-state index in [1.165, 1.54) is 24.9 Å². The molecule has 0 amide bonds. The molecule has 2 N–H and O–H groups in total. The highest BCUT2D eigenvalue weighted by Crippen LogP contribution is 2.21. The molecule has 1 aromatic rings. The van der Waals surface area contributed by atoms with Crippen LogP contribution in [0.1, 0.15) is 52.5 Å². The van der Waals surface area contributed by atoms with Crippen molar-refractivity contribution in [2.45, 2.75) is 59.5 Å². The maximum Gasteiger partial charge on any atom is 0.0236 e. The van der Waals surface area contributed by atoms with Crippen LogP contribution in [0.25, 0.3) is 0 Å². The lowest BCUT2D eigenvalue weighted by molar-refractivity contribution is 0.198. The molecule has 2 nitrogen and oxygen atoms in total. The highest BCUT2D eigenvalue weighted by molar-refractivity contribution is 5.14. The number of rotatable bonds is 10. The SMILES string of the molecule is CC(C)C(CCN)CCCN(Cc1ccccc1)C(C)C. The van der Waals surface area contributed by atoms with Crippen LogP contribution in [-0.4, -0.2) is 24.0 Å². The fourth-order valence-corrected chi connectivity index (χ4v) is 2.92. The Balaban J connectivity index is 2.44. The Morgan fingerprint density at radius 1 is 1.00 bits per heavy atom. The summed E-state index contributed by atoms with van der Waals surface area (Å²) in [4.78, 5) is 2.58. The van der Waals surface area contributed by atoms with Gasteiger partial charge in [-0.05, 0) is 63.6 Å². The molecule has 0 radical (unpaired) electrons. The van der Waals surface area contributed by atoms with Gasteiger partial charge in [-0.1, -0.05) is 44.2 Å². The number of nitrogens with two attached hydrogens (primary N) is 1. The third-order valence-corrected chi connectivity index (χ3v) is 4.46. The Morgan fingerprint density at radius 3 is 2.19 bits per heavy atom. The minimum absolute atomic E-state index is 0.595. The smallest absolute Gasteiger partial charge is 0.0236 e. The normalized spacial score (nSPS) is 13.3. The molecule has 1 unspecified atom stereocenters. The molecule has 120 valence electrons. The van der Waals surface area contributed by atoms with Gasteiger partial charge in [-0.3, -0.25) is 4.90 Å². The largest absolute Gasteiger partial charge is 0.330 e. The summed E-state index contributed by atoms with van der Waals surface area (Å²) in [6, 6.07) is 11.4. The number of nitrogens with zero attached hydrogens (tertiary/aromatic N) is 1. The van der Waals surface area contributed by atoms with Gasteiger partial charge in [0.25, 0.3) is 0 Å². The lowest BCUT2D eigenvalue weighted by Gasteiger charge is -2.28. The van der Waals surface area contributed by atoms with E-state index in [4.69, 9.17) is 5.73 Å². The molecule has 0 heterocycles. The molecule has 0 aliphatic carbocycles. The molecule has 0 bridgehead atoms. The van der Waals surface area contributed by atoms with Crippen LogP contribution in [-0.2, 0) is 6.54 Å². The summed E-state index contributed by atoms with van der Waals surface area (Å²) >= 11 is 0. The fourth-order valence-electron chi connectivity index (χ4n) is 2.92. The molecule has 21 heavy (non-hydrogen) atoms. The topological polar surface area (TPSA) is 29.3 Å². The summed E-state index contributed by atoms with van der Waals surface area (Å²) in [5, 5.41) is 0. The second-order valence-electron chi connectivity index (χ2n) is 6.77. The van der Waals surface area contributed by atoms with Crippen molar-refractivity contribution in [3.8, 4) is 0 Å². The summed E-state index contributed by atoms with van der Waals surface area (Å²) in [6.07, 6.45) is 3.73. The molecule has 0 aliphatic heterocycles. The lowest BCUT2D eigenvalue weighted by Crippen LogP contribution is -2.31. The Bertz CT molecular complexity index is 359. The van der Waals surface area contributed by atoms with Crippen molar-refractivity contribution in [3.05, 3.63) is 35.9 Å². The summed E-state index contributed by atoms with van der Waals surface area (Å²) < 4.78 is 0. The standard InChI is InChI=1S/C19H34N2/c1-16(2)19(12-13-20)11-8-14-21(17(3)4)15-18-9-6-5-7-10-18/h5-7,9-10,16-17,19H,8,11-15,20H2,1-4H3. The number of hydrogen-bond donors (Lipinski definition) is 1. The van der Waals surface area contributed by atoms with E-state index in [0.29, 0.717) is 6.04 Å². The van der Waals surface area contributed by atoms with Crippen LogP contribution in [0, 0.1) is 11.8 Å². The van der Waals surface area contributed by atoms with Gasteiger partial charge in [0, 0.05) is 12.6 Å². The van der Waals surface area contributed by atoms with Gasteiger partial charge >= 0.3 is 0 Å². The molecule has 1 aromatic carbocycles. The maximum atomic E-state index is 5.74. The minimum atomic E-state index is 0.595. The highest BCUT2D eigenvalue weighted by atomic mass is 15.1. The minimum Gasteiger partial charge on any atom is -0.330 e. The molecule has 0 fully saturated rings. The van der Waals surface area contributed by atoms with E-state index in [1.807, 2.05) is 0 Å². The van der Waals surface area contributed by atoms with Crippen LogP contribution in [0.4, 0.5) is 0 Å². The average Bonchev–Trinajstić information content (AvgIpc) is 2.46. The molecule has 0 aliphatic rings. The number of benzene rings is 1. The second-order valence-corrected chi connectivity index (χ2v) is 6.77. The summed E-state index contributed by atoms with van der Waals surface area (Å²) in [5.41, 5.74) is 7.15. The summed E-state index contributed by atoms with van der Waals surface area (Å²) in [5.74, 6) is 1.52. The molecule has 0 spiro atoms. The van der Waals surface area contributed by atoms with Gasteiger partial charge in [0.2, 0.25) is 0 Å². The van der Waals surface area contributed by atoms with Gasteiger partial charge in [0.1, 0.15) is 0 Å². The third kappa shape index (κ3) is 7.10. The van der Waals surface area contributed by atoms with Crippen LogP contribution in [0.3, 0.4) is 0 Å². The van der Waals surface area contributed by atoms with Crippen molar-refractivity contribution in [2.24, 2.45) is 17.6 Å². The summed E-state index contributed by atoms with van der Waals surface area (Å²) in [7, 11) is 0. The monoisotopic (exact) mass is 290 g/mol. The Hall–Kier alpha value is -0.860. The zero-order valence-electron chi connectivity index (χ0n) is 14.4. The predicted octanol–water partition coefficient (Wildman–Crippen LogP) is 4.30.